The van der Waals surface area contributed by atoms with E-state index >= 15 is 0 Å². The summed E-state index contributed by atoms with van der Waals surface area (Å²) in [6.07, 6.45) is 2.91. The van der Waals surface area contributed by atoms with Crippen molar-refractivity contribution in [1.29, 1.82) is 0 Å². The van der Waals surface area contributed by atoms with Crippen LogP contribution in [0.3, 0.4) is 0 Å². The van der Waals surface area contributed by atoms with Crippen molar-refractivity contribution in [2.24, 2.45) is 0 Å². The van der Waals surface area contributed by atoms with Crippen LogP contribution in [-0.2, 0) is 11.3 Å². The van der Waals surface area contributed by atoms with Gasteiger partial charge in [0.05, 0.1) is 5.69 Å². The van der Waals surface area contributed by atoms with Crippen molar-refractivity contribution in [2.45, 2.75) is 6.61 Å². The lowest BCUT2D eigenvalue weighted by Crippen LogP contribution is -2.02. The van der Waals surface area contributed by atoms with Crippen LogP contribution in [-0.4, -0.2) is 28.7 Å². The molecule has 3 rings (SSSR count). The van der Waals surface area contributed by atoms with E-state index in [9.17, 15) is 4.39 Å². The predicted octanol–water partition coefficient (Wildman–Crippen LogP) is 2.97. The third kappa shape index (κ3) is 3.88. The first-order chi connectivity index (χ1) is 11.8. The topological polar surface area (TPSA) is 58.4 Å². The monoisotopic (exact) mass is 329 g/mol. The summed E-state index contributed by atoms with van der Waals surface area (Å²) in [4.78, 5) is 3.84. The van der Waals surface area contributed by atoms with Gasteiger partial charge in [0.1, 0.15) is 36.6 Å². The van der Waals surface area contributed by atoms with Crippen LogP contribution in [0, 0.1) is 5.82 Å². The molecule has 3 aromatic rings. The third-order valence-electron chi connectivity index (χ3n) is 3.28. The largest absolute Gasteiger partial charge is 0.489 e. The smallest absolute Gasteiger partial charge is 0.188 e. The average Bonchev–Trinajstić information content (AvgIpc) is 3.14. The van der Waals surface area contributed by atoms with Gasteiger partial charge in [-0.25, -0.2) is 14.1 Å². The van der Waals surface area contributed by atoms with Gasteiger partial charge in [-0.3, -0.25) is 0 Å². The van der Waals surface area contributed by atoms with Crippen molar-refractivity contribution < 1.29 is 18.6 Å². The summed E-state index contributed by atoms with van der Waals surface area (Å²) >= 11 is 0. The molecule has 124 valence electrons. The Bertz CT molecular complexity index is 776. The van der Waals surface area contributed by atoms with Gasteiger partial charge in [0, 0.05) is 18.7 Å². The molecule has 1 aromatic heterocycles. The van der Waals surface area contributed by atoms with Gasteiger partial charge < -0.3 is 14.2 Å². The first-order valence-corrected chi connectivity index (χ1v) is 7.24. The molecule has 0 spiro atoms. The Balaban J connectivity index is 1.62. The molecule has 0 atom stereocenters. The Hall–Kier alpha value is -2.93. The van der Waals surface area contributed by atoms with Gasteiger partial charge in [0.25, 0.3) is 0 Å². The molecule has 0 aliphatic rings. The molecule has 0 aliphatic heterocycles. The zero-order valence-electron chi connectivity index (χ0n) is 13.1. The van der Waals surface area contributed by atoms with Gasteiger partial charge in [0.2, 0.25) is 0 Å². The fourth-order valence-electron chi connectivity index (χ4n) is 2.06. The predicted molar refractivity (Wildman–Crippen MR) is 84.6 cm³/mol. The molecule has 0 aliphatic carbocycles. The van der Waals surface area contributed by atoms with E-state index in [-0.39, 0.29) is 19.2 Å². The molecule has 6 nitrogen and oxygen atoms in total. The Morgan fingerprint density at radius 2 is 1.79 bits per heavy atom. The van der Waals surface area contributed by atoms with Crippen molar-refractivity contribution in [2.75, 3.05) is 13.9 Å². The van der Waals surface area contributed by atoms with E-state index in [1.165, 1.54) is 23.4 Å². The molecular weight excluding hydrogens is 313 g/mol. The summed E-state index contributed by atoms with van der Waals surface area (Å²) in [6.45, 7) is 0.311. The standard InChI is InChI=1S/C17H16FN3O3/c1-22-12-24-16-6-4-15(5-7-16)23-9-13-2-3-14(8-17(13)18)21-11-19-10-20-21/h2-8,10-11H,9,12H2,1H3. The SMILES string of the molecule is COCOc1ccc(OCc2ccc(-n3cncn3)cc2F)cc1. The molecule has 0 N–H and O–H groups in total. The van der Waals surface area contributed by atoms with Crippen LogP contribution in [0.5, 0.6) is 11.5 Å². The lowest BCUT2D eigenvalue weighted by molar-refractivity contribution is 0.0511. The zero-order chi connectivity index (χ0) is 16.8. The maximum atomic E-state index is 14.2. The highest BCUT2D eigenvalue weighted by molar-refractivity contribution is 5.35. The third-order valence-corrected chi connectivity index (χ3v) is 3.28. The fourth-order valence-corrected chi connectivity index (χ4v) is 2.06. The highest BCUT2D eigenvalue weighted by atomic mass is 19.1. The lowest BCUT2D eigenvalue weighted by Gasteiger charge is -2.10. The summed E-state index contributed by atoms with van der Waals surface area (Å²) in [6, 6.07) is 11.9. The minimum atomic E-state index is -0.358. The van der Waals surface area contributed by atoms with Crippen LogP contribution in [0.4, 0.5) is 4.39 Å². The molecule has 0 radical (unpaired) electrons. The number of benzene rings is 2. The Morgan fingerprint density at radius 1 is 1.04 bits per heavy atom. The second-order valence-corrected chi connectivity index (χ2v) is 4.93. The molecule has 0 saturated heterocycles. The van der Waals surface area contributed by atoms with E-state index in [1.54, 1.807) is 43.5 Å². The first-order valence-electron chi connectivity index (χ1n) is 7.24. The van der Waals surface area contributed by atoms with Crippen LogP contribution in [0.25, 0.3) is 5.69 Å². The van der Waals surface area contributed by atoms with E-state index in [4.69, 9.17) is 14.2 Å². The normalized spacial score (nSPS) is 10.6. The summed E-state index contributed by atoms with van der Waals surface area (Å²) in [5.74, 6) is 0.940. The van der Waals surface area contributed by atoms with Crippen LogP contribution in [0.1, 0.15) is 5.56 Å². The maximum Gasteiger partial charge on any atom is 0.188 e. The van der Waals surface area contributed by atoms with Crippen molar-refractivity contribution >= 4 is 0 Å². The first kappa shape index (κ1) is 15.9. The van der Waals surface area contributed by atoms with Crippen LogP contribution >= 0.6 is 0 Å². The van der Waals surface area contributed by atoms with Gasteiger partial charge in [-0.15, -0.1) is 0 Å². The Labute approximate surface area is 138 Å². The Kier molecular flexibility index (Phi) is 5.02. The number of methoxy groups -OCH3 is 1. The highest BCUT2D eigenvalue weighted by Crippen LogP contribution is 2.20. The van der Waals surface area contributed by atoms with Gasteiger partial charge in [0.15, 0.2) is 6.79 Å². The molecule has 24 heavy (non-hydrogen) atoms. The van der Waals surface area contributed by atoms with Gasteiger partial charge in [-0.1, -0.05) is 6.07 Å². The molecule has 7 heteroatoms. The number of nitrogens with zero attached hydrogens (tertiary/aromatic N) is 3. The number of aromatic nitrogens is 3. The van der Waals surface area contributed by atoms with Gasteiger partial charge in [-0.05, 0) is 30.3 Å². The van der Waals surface area contributed by atoms with E-state index < -0.39 is 0 Å². The quantitative estimate of drug-likeness (QED) is 0.624. The highest BCUT2D eigenvalue weighted by Gasteiger charge is 2.06. The number of hydrogen-bond donors (Lipinski definition) is 0. The molecule has 0 bridgehead atoms. The number of halogens is 1. The minimum Gasteiger partial charge on any atom is -0.489 e. The van der Waals surface area contributed by atoms with Crippen molar-refractivity contribution in [3.8, 4) is 17.2 Å². The molecule has 1 heterocycles. The second-order valence-electron chi connectivity index (χ2n) is 4.93. The van der Waals surface area contributed by atoms with Crippen LogP contribution in [0.15, 0.2) is 55.1 Å². The number of ether oxygens (including phenoxy) is 3. The fraction of sp³-hybridized carbons (Fsp3) is 0.176. The molecule has 2 aromatic carbocycles. The molecule has 0 unspecified atom stereocenters. The second kappa shape index (κ2) is 7.56. The molecule has 0 fully saturated rings. The molecular formula is C17H16FN3O3. The molecule has 0 saturated carbocycles. The van der Waals surface area contributed by atoms with E-state index in [2.05, 4.69) is 10.1 Å². The Morgan fingerprint density at radius 3 is 2.42 bits per heavy atom. The van der Waals surface area contributed by atoms with Gasteiger partial charge >= 0.3 is 0 Å². The van der Waals surface area contributed by atoms with Crippen LogP contribution < -0.4 is 9.47 Å². The summed E-state index contributed by atoms with van der Waals surface area (Å²) in [5, 5.41) is 3.97. The van der Waals surface area contributed by atoms with Gasteiger partial charge in [-0.2, -0.15) is 5.10 Å². The summed E-state index contributed by atoms with van der Waals surface area (Å²) in [7, 11) is 1.56. The van der Waals surface area contributed by atoms with Crippen molar-refractivity contribution in [3.05, 3.63) is 66.5 Å². The van der Waals surface area contributed by atoms with E-state index in [0.29, 0.717) is 22.7 Å². The minimum absolute atomic E-state index is 0.127. The zero-order valence-corrected chi connectivity index (χ0v) is 13.1. The summed E-state index contributed by atoms with van der Waals surface area (Å²) in [5.41, 5.74) is 1.06. The van der Waals surface area contributed by atoms with E-state index in [0.717, 1.165) is 0 Å². The number of hydrogen-bond acceptors (Lipinski definition) is 5. The van der Waals surface area contributed by atoms with Crippen molar-refractivity contribution in [1.82, 2.24) is 14.8 Å². The average molecular weight is 329 g/mol. The lowest BCUT2D eigenvalue weighted by atomic mass is 10.2. The molecule has 0 amide bonds. The van der Waals surface area contributed by atoms with E-state index in [1.807, 2.05) is 0 Å². The maximum absolute atomic E-state index is 14.2. The van der Waals surface area contributed by atoms with Crippen LogP contribution in [0.2, 0.25) is 0 Å². The van der Waals surface area contributed by atoms with Crippen molar-refractivity contribution in [3.63, 3.8) is 0 Å². The number of rotatable bonds is 7. The summed E-state index contributed by atoms with van der Waals surface area (Å²) < 4.78 is 31.4.